The molecule has 0 atom stereocenters. The minimum Gasteiger partial charge on any atom is -0.495 e. The highest BCUT2D eigenvalue weighted by molar-refractivity contribution is 6.32. The summed E-state index contributed by atoms with van der Waals surface area (Å²) in [7, 11) is 1.49. The molecule has 0 saturated carbocycles. The monoisotopic (exact) mass is 384 g/mol. The van der Waals surface area contributed by atoms with Crippen molar-refractivity contribution in [3.05, 3.63) is 59.3 Å². The van der Waals surface area contributed by atoms with Gasteiger partial charge in [-0.25, -0.2) is 0 Å². The SMILES string of the molecule is COc1ccc(NC(=O)/C(C#N)=C\Nc2ccc(NC(C)=O)cc2)cc1Cl. The van der Waals surface area contributed by atoms with Crippen LogP contribution in [0, 0.1) is 11.3 Å². The molecule has 0 aliphatic rings. The zero-order valence-electron chi connectivity index (χ0n) is 14.7. The van der Waals surface area contributed by atoms with Gasteiger partial charge in [-0.3, -0.25) is 9.59 Å². The second-order valence-electron chi connectivity index (χ2n) is 5.38. The van der Waals surface area contributed by atoms with Crippen LogP contribution in [0.15, 0.2) is 54.2 Å². The third-order valence-corrected chi connectivity index (χ3v) is 3.66. The number of rotatable bonds is 6. The van der Waals surface area contributed by atoms with E-state index in [0.29, 0.717) is 27.8 Å². The van der Waals surface area contributed by atoms with Crippen LogP contribution in [0.2, 0.25) is 5.02 Å². The molecule has 0 aromatic heterocycles. The number of hydrogen-bond acceptors (Lipinski definition) is 5. The van der Waals surface area contributed by atoms with Crippen LogP contribution in [0.1, 0.15) is 6.92 Å². The lowest BCUT2D eigenvalue weighted by molar-refractivity contribution is -0.114. The molecule has 0 aliphatic heterocycles. The maximum atomic E-state index is 12.2. The van der Waals surface area contributed by atoms with Gasteiger partial charge in [-0.2, -0.15) is 5.26 Å². The Morgan fingerprint density at radius 1 is 1.07 bits per heavy atom. The molecule has 0 unspecified atom stereocenters. The molecular weight excluding hydrogens is 368 g/mol. The smallest absolute Gasteiger partial charge is 0.267 e. The number of amides is 2. The summed E-state index contributed by atoms with van der Waals surface area (Å²) in [6.07, 6.45) is 1.30. The zero-order chi connectivity index (χ0) is 19.8. The molecule has 2 aromatic carbocycles. The highest BCUT2D eigenvalue weighted by atomic mass is 35.5. The lowest BCUT2D eigenvalue weighted by Crippen LogP contribution is -2.14. The van der Waals surface area contributed by atoms with Crippen LogP contribution in [0.5, 0.6) is 5.75 Å². The lowest BCUT2D eigenvalue weighted by Gasteiger charge is -2.08. The maximum Gasteiger partial charge on any atom is 0.267 e. The summed E-state index contributed by atoms with van der Waals surface area (Å²) in [6, 6.07) is 13.4. The first kappa shape index (κ1) is 19.8. The van der Waals surface area contributed by atoms with Crippen LogP contribution >= 0.6 is 11.6 Å². The van der Waals surface area contributed by atoms with E-state index in [1.165, 1.54) is 26.3 Å². The Morgan fingerprint density at radius 2 is 1.70 bits per heavy atom. The number of nitrogens with one attached hydrogen (secondary N) is 3. The summed E-state index contributed by atoms with van der Waals surface area (Å²) >= 11 is 6.02. The second kappa shape index (κ2) is 9.27. The molecule has 0 radical (unpaired) electrons. The fourth-order valence-corrected chi connectivity index (χ4v) is 2.36. The summed E-state index contributed by atoms with van der Waals surface area (Å²) in [5.74, 6) is -0.270. The van der Waals surface area contributed by atoms with Crippen molar-refractivity contribution in [2.45, 2.75) is 6.92 Å². The van der Waals surface area contributed by atoms with Crippen molar-refractivity contribution in [2.75, 3.05) is 23.1 Å². The molecule has 2 amide bonds. The van der Waals surface area contributed by atoms with E-state index in [2.05, 4.69) is 16.0 Å². The summed E-state index contributed by atoms with van der Waals surface area (Å²) in [6.45, 7) is 1.42. The van der Waals surface area contributed by atoms with E-state index in [1.54, 1.807) is 36.4 Å². The molecule has 2 aromatic rings. The average Bonchev–Trinajstić information content (AvgIpc) is 2.63. The Balaban J connectivity index is 2.04. The Bertz CT molecular complexity index is 918. The Labute approximate surface area is 161 Å². The number of nitrogens with zero attached hydrogens (tertiary/aromatic N) is 1. The van der Waals surface area contributed by atoms with Gasteiger partial charge in [0.05, 0.1) is 12.1 Å². The van der Waals surface area contributed by atoms with Crippen LogP contribution < -0.4 is 20.7 Å². The van der Waals surface area contributed by atoms with E-state index in [0.717, 1.165) is 0 Å². The molecule has 27 heavy (non-hydrogen) atoms. The Kier molecular flexibility index (Phi) is 6.80. The molecule has 0 spiro atoms. The van der Waals surface area contributed by atoms with Crippen LogP contribution in [0.25, 0.3) is 0 Å². The summed E-state index contributed by atoms with van der Waals surface area (Å²) in [4.78, 5) is 23.2. The van der Waals surface area contributed by atoms with Crippen LogP contribution in [0.3, 0.4) is 0 Å². The van der Waals surface area contributed by atoms with Crippen molar-refractivity contribution in [1.82, 2.24) is 0 Å². The van der Waals surface area contributed by atoms with Crippen LogP contribution in [-0.2, 0) is 9.59 Å². The highest BCUT2D eigenvalue weighted by Gasteiger charge is 2.11. The number of hydrogen-bond donors (Lipinski definition) is 3. The fourth-order valence-electron chi connectivity index (χ4n) is 2.10. The van der Waals surface area contributed by atoms with Gasteiger partial charge in [0.2, 0.25) is 5.91 Å². The summed E-state index contributed by atoms with van der Waals surface area (Å²) < 4.78 is 5.05. The Hall–Kier alpha value is -3.50. The molecule has 138 valence electrons. The number of nitriles is 1. The number of ether oxygens (including phenoxy) is 1. The van der Waals surface area contributed by atoms with Gasteiger partial charge in [-0.15, -0.1) is 0 Å². The predicted molar refractivity (Wildman–Crippen MR) is 105 cm³/mol. The largest absolute Gasteiger partial charge is 0.495 e. The molecule has 0 aliphatic carbocycles. The van der Waals surface area contributed by atoms with E-state index in [1.807, 2.05) is 6.07 Å². The van der Waals surface area contributed by atoms with Gasteiger partial charge in [0.1, 0.15) is 17.4 Å². The molecule has 0 saturated heterocycles. The minimum absolute atomic E-state index is 0.118. The molecule has 2 rings (SSSR count). The lowest BCUT2D eigenvalue weighted by atomic mass is 10.2. The van der Waals surface area contributed by atoms with Crippen molar-refractivity contribution >= 4 is 40.5 Å². The van der Waals surface area contributed by atoms with Gasteiger partial charge < -0.3 is 20.7 Å². The molecular formula is C19H17ClN4O3. The molecule has 8 heteroatoms. The van der Waals surface area contributed by atoms with E-state index >= 15 is 0 Å². The quantitative estimate of drug-likeness (QED) is 0.519. The summed E-state index contributed by atoms with van der Waals surface area (Å²) in [5, 5.41) is 17.7. The van der Waals surface area contributed by atoms with Crippen LogP contribution in [-0.4, -0.2) is 18.9 Å². The molecule has 0 fully saturated rings. The number of methoxy groups -OCH3 is 1. The number of benzene rings is 2. The van der Waals surface area contributed by atoms with Gasteiger partial charge >= 0.3 is 0 Å². The normalized spacial score (nSPS) is 10.5. The topological polar surface area (TPSA) is 103 Å². The third-order valence-electron chi connectivity index (χ3n) is 3.36. The number of anilines is 3. The number of halogens is 1. The van der Waals surface area contributed by atoms with E-state index in [9.17, 15) is 14.9 Å². The summed E-state index contributed by atoms with van der Waals surface area (Å²) in [5.41, 5.74) is 1.61. The highest BCUT2D eigenvalue weighted by Crippen LogP contribution is 2.27. The first-order valence-corrected chi connectivity index (χ1v) is 8.20. The number of carbonyl (C=O) groups excluding carboxylic acids is 2. The zero-order valence-corrected chi connectivity index (χ0v) is 15.4. The average molecular weight is 385 g/mol. The van der Waals surface area contributed by atoms with Crippen molar-refractivity contribution in [3.8, 4) is 11.8 Å². The van der Waals surface area contributed by atoms with Gasteiger partial charge in [0.15, 0.2) is 0 Å². The molecule has 0 bridgehead atoms. The van der Waals surface area contributed by atoms with Gasteiger partial charge in [0, 0.05) is 30.2 Å². The van der Waals surface area contributed by atoms with E-state index < -0.39 is 5.91 Å². The first-order chi connectivity index (χ1) is 12.9. The fraction of sp³-hybridized carbons (Fsp3) is 0.105. The minimum atomic E-state index is -0.582. The van der Waals surface area contributed by atoms with Crippen molar-refractivity contribution < 1.29 is 14.3 Å². The number of carbonyl (C=O) groups is 2. The van der Waals surface area contributed by atoms with Gasteiger partial charge in [-0.05, 0) is 42.5 Å². The standard InChI is InChI=1S/C19H17ClN4O3/c1-12(25)23-15-5-3-14(4-6-15)22-11-13(10-21)19(26)24-16-7-8-18(27-2)17(20)9-16/h3-9,11,22H,1-2H3,(H,23,25)(H,24,26)/b13-11-. The van der Waals surface area contributed by atoms with Crippen LogP contribution in [0.4, 0.5) is 17.1 Å². The molecule has 7 nitrogen and oxygen atoms in total. The van der Waals surface area contributed by atoms with Crippen molar-refractivity contribution in [3.63, 3.8) is 0 Å². The first-order valence-electron chi connectivity index (χ1n) is 7.82. The Morgan fingerprint density at radius 3 is 2.26 bits per heavy atom. The van der Waals surface area contributed by atoms with Gasteiger partial charge in [-0.1, -0.05) is 11.6 Å². The molecule has 0 heterocycles. The van der Waals surface area contributed by atoms with Gasteiger partial charge in [0.25, 0.3) is 5.91 Å². The second-order valence-corrected chi connectivity index (χ2v) is 5.78. The predicted octanol–water partition coefficient (Wildman–Crippen LogP) is 3.77. The third kappa shape index (κ3) is 5.76. The maximum absolute atomic E-state index is 12.2. The van der Waals surface area contributed by atoms with E-state index in [-0.39, 0.29) is 11.5 Å². The van der Waals surface area contributed by atoms with E-state index in [4.69, 9.17) is 16.3 Å². The molecule has 3 N–H and O–H groups in total. The van der Waals surface area contributed by atoms with Crippen molar-refractivity contribution in [1.29, 1.82) is 5.26 Å². The van der Waals surface area contributed by atoms with Crippen molar-refractivity contribution in [2.24, 2.45) is 0 Å².